The summed E-state index contributed by atoms with van der Waals surface area (Å²) in [6.45, 7) is 1.80. The fourth-order valence-electron chi connectivity index (χ4n) is 1.18. The lowest BCUT2D eigenvalue weighted by Crippen LogP contribution is -2.24. The first kappa shape index (κ1) is 9.84. The van der Waals surface area contributed by atoms with Gasteiger partial charge in [-0.25, -0.2) is 14.8 Å². The van der Waals surface area contributed by atoms with Crippen molar-refractivity contribution in [1.82, 2.24) is 0 Å². The summed E-state index contributed by atoms with van der Waals surface area (Å²) in [4.78, 5) is 18.7. The van der Waals surface area contributed by atoms with Gasteiger partial charge in [0.2, 0.25) is 0 Å². The Balaban J connectivity index is 0.000000845. The number of carbonyl (C=O) groups excluding carboxylic acids is 1. The van der Waals surface area contributed by atoms with Gasteiger partial charge in [-0.1, -0.05) is 6.07 Å². The number of fused-ring (bicyclic) bond motifs is 1. The number of benzene rings is 1. The monoisotopic (exact) mass is 238 g/mol. The lowest BCUT2D eigenvalue weighted by molar-refractivity contribution is 0.567. The number of rotatable bonds is 0. The number of amidine groups is 1. The van der Waals surface area contributed by atoms with E-state index in [1.807, 2.05) is 12.0 Å². The van der Waals surface area contributed by atoms with Crippen LogP contribution in [0.5, 0.6) is 0 Å². The summed E-state index contributed by atoms with van der Waals surface area (Å²) in [6.07, 6.45) is 0. The van der Waals surface area contributed by atoms with E-state index in [-0.39, 0.29) is 17.0 Å². The summed E-state index contributed by atoms with van der Waals surface area (Å²) in [5, 5.41) is 1.12. The van der Waals surface area contributed by atoms with Crippen LogP contribution in [0.25, 0.3) is 0 Å². The molecule has 0 unspecified atom stereocenters. The molecule has 13 heavy (non-hydrogen) atoms. The second kappa shape index (κ2) is 3.64. The van der Waals surface area contributed by atoms with Crippen molar-refractivity contribution in [2.75, 3.05) is 0 Å². The lowest BCUT2D eigenvalue weighted by Gasteiger charge is -1.84. The number of hydrogen-bond donors (Lipinski definition) is 0. The number of halogens is 1. The van der Waals surface area contributed by atoms with Gasteiger partial charge in [0.15, 0.2) is 0 Å². The molecule has 0 N–H and O–H groups in total. The Morgan fingerprint density at radius 3 is 2.77 bits per heavy atom. The van der Waals surface area contributed by atoms with Gasteiger partial charge in [-0.15, -0.1) is 17.0 Å². The second-order valence-electron chi connectivity index (χ2n) is 2.55. The van der Waals surface area contributed by atoms with E-state index in [4.69, 9.17) is 0 Å². The first-order valence-corrected chi connectivity index (χ1v) is 3.59. The maximum absolute atomic E-state index is 10.4. The van der Waals surface area contributed by atoms with Crippen LogP contribution in [0.3, 0.4) is 0 Å². The van der Waals surface area contributed by atoms with E-state index in [1.165, 1.54) is 0 Å². The molecule has 0 amide bonds. The summed E-state index contributed by atoms with van der Waals surface area (Å²) in [7, 11) is 0. The van der Waals surface area contributed by atoms with E-state index < -0.39 is 0 Å². The van der Waals surface area contributed by atoms with Gasteiger partial charge in [-0.2, -0.15) is 0 Å². The van der Waals surface area contributed by atoms with Crippen LogP contribution in [-0.4, -0.2) is 11.8 Å². The summed E-state index contributed by atoms with van der Waals surface area (Å²) < 4.78 is 0. The molecular formula is C9H7BrN2O. The standard InChI is InChI=1S/C9H6N2O.BrH/c1-6-10-8-4-2-3-7(5-12)9(8)11-6;/h2-4H,1H3;1H. The molecule has 1 heterocycles. The Labute approximate surface area is 85.3 Å². The summed E-state index contributed by atoms with van der Waals surface area (Å²) in [5.74, 6) is 2.52. The predicted molar refractivity (Wildman–Crippen MR) is 55.1 cm³/mol. The zero-order valence-corrected chi connectivity index (χ0v) is 8.66. The van der Waals surface area contributed by atoms with Crippen LogP contribution in [0.15, 0.2) is 28.2 Å². The number of hydrogen-bond acceptors (Lipinski definition) is 3. The van der Waals surface area contributed by atoms with Crippen molar-refractivity contribution in [3.63, 3.8) is 0 Å². The molecule has 1 aromatic rings. The maximum atomic E-state index is 10.4. The molecule has 0 bridgehead atoms. The van der Waals surface area contributed by atoms with E-state index in [9.17, 15) is 4.79 Å². The Kier molecular flexibility index (Phi) is 2.76. The maximum Gasteiger partial charge on any atom is 0.134 e. The average Bonchev–Trinajstić information content (AvgIpc) is 2.44. The lowest BCUT2D eigenvalue weighted by atomic mass is 10.2. The Hall–Kier alpha value is -1.25. The van der Waals surface area contributed by atoms with Crippen molar-refractivity contribution in [2.45, 2.75) is 6.92 Å². The van der Waals surface area contributed by atoms with Gasteiger partial charge in [0.05, 0.1) is 10.9 Å². The summed E-state index contributed by atoms with van der Waals surface area (Å²) in [6, 6.07) is 5.29. The number of aliphatic imine (C=N–C) groups is 1. The summed E-state index contributed by atoms with van der Waals surface area (Å²) in [5.41, 5.74) is 0.758. The molecule has 0 saturated heterocycles. The molecule has 0 atom stereocenters. The van der Waals surface area contributed by atoms with E-state index in [1.54, 1.807) is 19.1 Å². The van der Waals surface area contributed by atoms with E-state index in [2.05, 4.69) is 9.98 Å². The second-order valence-corrected chi connectivity index (χ2v) is 2.55. The molecule has 0 aromatic heterocycles. The van der Waals surface area contributed by atoms with Gasteiger partial charge in [0, 0.05) is 0 Å². The van der Waals surface area contributed by atoms with Crippen LogP contribution < -0.4 is 10.6 Å². The van der Waals surface area contributed by atoms with Gasteiger partial charge in [0.25, 0.3) is 0 Å². The molecular weight excluding hydrogens is 232 g/mol. The van der Waals surface area contributed by atoms with Crippen molar-refractivity contribution in [3.05, 3.63) is 28.8 Å². The zero-order valence-electron chi connectivity index (χ0n) is 6.94. The number of nitrogens with zero attached hydrogens (tertiary/aromatic N) is 2. The van der Waals surface area contributed by atoms with E-state index in [0.29, 0.717) is 16.4 Å². The van der Waals surface area contributed by atoms with Crippen molar-refractivity contribution >= 4 is 34.4 Å². The van der Waals surface area contributed by atoms with Crippen molar-refractivity contribution in [2.24, 2.45) is 9.98 Å². The average molecular weight is 239 g/mol. The molecule has 2 rings (SSSR count). The highest BCUT2D eigenvalue weighted by Gasteiger charge is 2.03. The molecule has 3 nitrogen and oxygen atoms in total. The molecule has 0 radical (unpaired) electrons. The summed E-state index contributed by atoms with van der Waals surface area (Å²) >= 11 is 0. The zero-order chi connectivity index (χ0) is 8.55. The first-order valence-electron chi connectivity index (χ1n) is 3.59. The third kappa shape index (κ3) is 1.59. The largest absolute Gasteiger partial charge is 0.233 e. The molecule has 0 fully saturated rings. The minimum atomic E-state index is 0. The molecule has 66 valence electrons. The Morgan fingerprint density at radius 2 is 2.08 bits per heavy atom. The highest BCUT2D eigenvalue weighted by molar-refractivity contribution is 8.93. The highest BCUT2D eigenvalue weighted by atomic mass is 79.9. The van der Waals surface area contributed by atoms with Crippen molar-refractivity contribution < 1.29 is 4.79 Å². The van der Waals surface area contributed by atoms with Gasteiger partial charge >= 0.3 is 0 Å². The molecule has 1 aromatic carbocycles. The van der Waals surface area contributed by atoms with Crippen molar-refractivity contribution in [3.8, 4) is 0 Å². The van der Waals surface area contributed by atoms with Gasteiger partial charge in [-0.05, 0) is 19.1 Å². The van der Waals surface area contributed by atoms with Gasteiger partial charge in [-0.3, -0.25) is 0 Å². The SMILES string of the molecule is Br.CC1=Nc2cccc(=C=O)c2=N1. The van der Waals surface area contributed by atoms with Crippen LogP contribution in [0.1, 0.15) is 6.92 Å². The quantitative estimate of drug-likeness (QED) is 0.648. The molecule has 1 aliphatic heterocycles. The Morgan fingerprint density at radius 1 is 1.31 bits per heavy atom. The third-order valence-corrected chi connectivity index (χ3v) is 1.68. The minimum absolute atomic E-state index is 0. The highest BCUT2D eigenvalue weighted by Crippen LogP contribution is 2.06. The van der Waals surface area contributed by atoms with E-state index >= 15 is 0 Å². The van der Waals surface area contributed by atoms with Crippen LogP contribution in [-0.2, 0) is 4.79 Å². The normalized spacial score (nSPS) is 11.9. The Bertz CT molecular complexity index is 501. The molecule has 4 heteroatoms. The molecule has 1 aliphatic rings. The molecule has 0 spiro atoms. The van der Waals surface area contributed by atoms with Crippen LogP contribution in [0.4, 0.5) is 5.69 Å². The molecule has 0 saturated carbocycles. The topological polar surface area (TPSA) is 41.8 Å². The first-order chi connectivity index (χ1) is 5.81. The van der Waals surface area contributed by atoms with Gasteiger partial charge < -0.3 is 0 Å². The number of para-hydroxylation sites is 1. The third-order valence-electron chi connectivity index (χ3n) is 1.68. The van der Waals surface area contributed by atoms with E-state index in [0.717, 1.165) is 5.69 Å². The fourth-order valence-corrected chi connectivity index (χ4v) is 1.18. The van der Waals surface area contributed by atoms with Crippen LogP contribution in [0, 0.1) is 0 Å². The minimum Gasteiger partial charge on any atom is -0.233 e. The van der Waals surface area contributed by atoms with Crippen LogP contribution >= 0.6 is 17.0 Å². The smallest absolute Gasteiger partial charge is 0.134 e. The van der Waals surface area contributed by atoms with Crippen molar-refractivity contribution in [1.29, 1.82) is 0 Å². The molecule has 0 aliphatic carbocycles. The fraction of sp³-hybridized carbons (Fsp3) is 0.111. The van der Waals surface area contributed by atoms with Gasteiger partial charge in [0.1, 0.15) is 17.1 Å². The predicted octanol–water partition coefficient (Wildman–Crippen LogP) is 0.451. The van der Waals surface area contributed by atoms with Crippen LogP contribution in [0.2, 0.25) is 0 Å².